The average Bonchev–Trinajstić information content (AvgIpc) is 2.50. The van der Waals surface area contributed by atoms with Crippen LogP contribution in [0.5, 0.6) is 0 Å². The Morgan fingerprint density at radius 2 is 1.68 bits per heavy atom. The number of benzene rings is 2. The summed E-state index contributed by atoms with van der Waals surface area (Å²) in [5.74, 6) is -1.23. The molecule has 0 spiro atoms. The van der Waals surface area contributed by atoms with Gasteiger partial charge in [-0.2, -0.15) is 0 Å². The van der Waals surface area contributed by atoms with Crippen LogP contribution in [0, 0.1) is 5.82 Å². The molecule has 2 rings (SSSR count). The van der Waals surface area contributed by atoms with Gasteiger partial charge in [0.15, 0.2) is 0 Å². The summed E-state index contributed by atoms with van der Waals surface area (Å²) in [5, 5.41) is 5.63. The Labute approximate surface area is 132 Å². The van der Waals surface area contributed by atoms with Crippen LogP contribution in [0.15, 0.2) is 48.5 Å². The summed E-state index contributed by atoms with van der Waals surface area (Å²) in [7, 11) is 0. The van der Waals surface area contributed by atoms with Gasteiger partial charge in [0.25, 0.3) is 0 Å². The lowest BCUT2D eigenvalue weighted by Crippen LogP contribution is -2.33. The molecule has 0 aliphatic heterocycles. The van der Waals surface area contributed by atoms with E-state index in [-0.39, 0.29) is 24.4 Å². The smallest absolute Gasteiger partial charge is 0.243 e. The summed E-state index contributed by atoms with van der Waals surface area (Å²) in [6.45, 7) is -0.185. The van der Waals surface area contributed by atoms with Crippen molar-refractivity contribution >= 4 is 29.1 Å². The zero-order valence-corrected chi connectivity index (χ0v) is 12.4. The van der Waals surface area contributed by atoms with Gasteiger partial charge in [-0.05, 0) is 35.9 Å². The van der Waals surface area contributed by atoms with Crippen LogP contribution in [0.1, 0.15) is 5.56 Å². The van der Waals surface area contributed by atoms with E-state index in [0.717, 1.165) is 0 Å². The lowest BCUT2D eigenvalue weighted by molar-refractivity contribution is -0.123. The van der Waals surface area contributed by atoms with Crippen LogP contribution in [-0.4, -0.2) is 18.4 Å². The molecule has 0 radical (unpaired) electrons. The number of hydrogen-bond acceptors (Lipinski definition) is 2. The number of amides is 2. The molecule has 0 saturated carbocycles. The maximum absolute atomic E-state index is 13.4. The third-order valence-electron chi connectivity index (χ3n) is 2.88. The highest BCUT2D eigenvalue weighted by Crippen LogP contribution is 2.13. The average molecular weight is 321 g/mol. The minimum atomic E-state index is -0.441. The molecule has 4 nitrogen and oxygen atoms in total. The second-order valence-electron chi connectivity index (χ2n) is 4.60. The van der Waals surface area contributed by atoms with E-state index in [4.69, 9.17) is 11.6 Å². The number of anilines is 1. The van der Waals surface area contributed by atoms with Crippen LogP contribution < -0.4 is 10.6 Å². The van der Waals surface area contributed by atoms with E-state index in [2.05, 4.69) is 10.6 Å². The molecular weight excluding hydrogens is 307 g/mol. The fourth-order valence-corrected chi connectivity index (χ4v) is 1.92. The molecule has 0 fully saturated rings. The van der Waals surface area contributed by atoms with Crippen molar-refractivity contribution in [2.24, 2.45) is 0 Å². The van der Waals surface area contributed by atoms with E-state index < -0.39 is 11.7 Å². The maximum Gasteiger partial charge on any atom is 0.243 e. The highest BCUT2D eigenvalue weighted by Gasteiger charge is 2.09. The van der Waals surface area contributed by atoms with Crippen molar-refractivity contribution in [3.8, 4) is 0 Å². The third kappa shape index (κ3) is 4.86. The summed E-state index contributed by atoms with van der Waals surface area (Å²) in [6, 6.07) is 12.6. The van der Waals surface area contributed by atoms with Crippen molar-refractivity contribution in [3.05, 3.63) is 64.9 Å². The van der Waals surface area contributed by atoms with Crippen LogP contribution in [0.25, 0.3) is 0 Å². The van der Waals surface area contributed by atoms with Crippen molar-refractivity contribution in [2.45, 2.75) is 6.42 Å². The van der Waals surface area contributed by atoms with Crippen molar-refractivity contribution in [3.63, 3.8) is 0 Å². The first-order chi connectivity index (χ1) is 10.5. The van der Waals surface area contributed by atoms with E-state index in [1.165, 1.54) is 12.1 Å². The molecule has 0 aliphatic rings. The molecule has 114 valence electrons. The maximum atomic E-state index is 13.4. The largest absolute Gasteiger partial charge is 0.347 e. The predicted molar refractivity (Wildman–Crippen MR) is 83.2 cm³/mol. The molecular formula is C16H14ClFN2O2. The Kier molecular flexibility index (Phi) is 5.49. The van der Waals surface area contributed by atoms with Crippen LogP contribution in [0.3, 0.4) is 0 Å². The Morgan fingerprint density at radius 1 is 1.00 bits per heavy atom. The van der Waals surface area contributed by atoms with Gasteiger partial charge in [0.2, 0.25) is 11.8 Å². The highest BCUT2D eigenvalue weighted by molar-refractivity contribution is 6.30. The molecule has 0 aromatic heterocycles. The van der Waals surface area contributed by atoms with Gasteiger partial charge < -0.3 is 10.6 Å². The molecule has 0 atom stereocenters. The van der Waals surface area contributed by atoms with Gasteiger partial charge in [-0.3, -0.25) is 9.59 Å². The minimum Gasteiger partial charge on any atom is -0.347 e. The number of nitrogens with one attached hydrogen (secondary N) is 2. The monoisotopic (exact) mass is 320 g/mol. The Morgan fingerprint density at radius 3 is 2.36 bits per heavy atom. The van der Waals surface area contributed by atoms with Crippen LogP contribution in [0.2, 0.25) is 5.02 Å². The number of carbonyl (C=O) groups excluding carboxylic acids is 2. The molecule has 0 saturated heterocycles. The second kappa shape index (κ2) is 7.56. The SMILES string of the molecule is O=C(Cc1ccccc1F)NCC(=O)Nc1ccc(Cl)cc1. The van der Waals surface area contributed by atoms with Gasteiger partial charge in [-0.25, -0.2) is 4.39 Å². The minimum absolute atomic E-state index is 0.110. The lowest BCUT2D eigenvalue weighted by atomic mass is 10.1. The molecule has 2 N–H and O–H groups in total. The molecule has 2 aromatic carbocycles. The Balaban J connectivity index is 1.79. The summed E-state index contributed by atoms with van der Waals surface area (Å²) in [4.78, 5) is 23.4. The summed E-state index contributed by atoms with van der Waals surface area (Å²) in [5.41, 5.74) is 0.871. The summed E-state index contributed by atoms with van der Waals surface area (Å²) >= 11 is 5.74. The molecule has 22 heavy (non-hydrogen) atoms. The molecule has 0 bridgehead atoms. The first kappa shape index (κ1) is 16.0. The standard InChI is InChI=1S/C16H14ClFN2O2/c17-12-5-7-13(8-6-12)20-16(22)10-19-15(21)9-11-3-1-2-4-14(11)18/h1-8H,9-10H2,(H,19,21)(H,20,22). The molecule has 2 amide bonds. The molecule has 0 aliphatic carbocycles. The molecule has 0 unspecified atom stereocenters. The van der Waals surface area contributed by atoms with Crippen molar-refractivity contribution < 1.29 is 14.0 Å². The lowest BCUT2D eigenvalue weighted by Gasteiger charge is -2.07. The van der Waals surface area contributed by atoms with Crippen molar-refractivity contribution in [1.82, 2.24) is 5.32 Å². The van der Waals surface area contributed by atoms with E-state index >= 15 is 0 Å². The Hall–Kier alpha value is -2.40. The van der Waals surface area contributed by atoms with Gasteiger partial charge in [0.05, 0.1) is 13.0 Å². The molecule has 6 heteroatoms. The normalized spacial score (nSPS) is 10.1. The van der Waals surface area contributed by atoms with E-state index in [9.17, 15) is 14.0 Å². The van der Waals surface area contributed by atoms with E-state index in [1.807, 2.05) is 0 Å². The summed E-state index contributed by atoms with van der Waals surface area (Å²) in [6.07, 6.45) is -0.110. The quantitative estimate of drug-likeness (QED) is 0.890. The number of carbonyl (C=O) groups is 2. The molecule has 0 heterocycles. The van der Waals surface area contributed by atoms with Crippen LogP contribution in [0.4, 0.5) is 10.1 Å². The van der Waals surface area contributed by atoms with Crippen LogP contribution in [-0.2, 0) is 16.0 Å². The van der Waals surface area contributed by atoms with Gasteiger partial charge in [0.1, 0.15) is 5.82 Å². The van der Waals surface area contributed by atoms with Gasteiger partial charge in [0, 0.05) is 10.7 Å². The first-order valence-electron chi connectivity index (χ1n) is 6.60. The zero-order valence-electron chi connectivity index (χ0n) is 11.6. The fraction of sp³-hybridized carbons (Fsp3) is 0.125. The zero-order chi connectivity index (χ0) is 15.9. The van der Waals surface area contributed by atoms with E-state index in [0.29, 0.717) is 10.7 Å². The Bertz CT molecular complexity index is 674. The first-order valence-corrected chi connectivity index (χ1v) is 6.98. The third-order valence-corrected chi connectivity index (χ3v) is 3.13. The number of halogens is 2. The fourth-order valence-electron chi connectivity index (χ4n) is 1.79. The molecule has 2 aromatic rings. The predicted octanol–water partition coefficient (Wildman–Crippen LogP) is 2.78. The number of rotatable bonds is 5. The topological polar surface area (TPSA) is 58.2 Å². The van der Waals surface area contributed by atoms with Gasteiger partial charge >= 0.3 is 0 Å². The van der Waals surface area contributed by atoms with Gasteiger partial charge in [-0.1, -0.05) is 29.8 Å². The van der Waals surface area contributed by atoms with E-state index in [1.54, 1.807) is 36.4 Å². The van der Waals surface area contributed by atoms with Crippen LogP contribution >= 0.6 is 11.6 Å². The second-order valence-corrected chi connectivity index (χ2v) is 5.04. The summed E-state index contributed by atoms with van der Waals surface area (Å²) < 4.78 is 13.4. The van der Waals surface area contributed by atoms with Gasteiger partial charge in [-0.15, -0.1) is 0 Å². The number of hydrogen-bond donors (Lipinski definition) is 2. The van der Waals surface area contributed by atoms with Crippen molar-refractivity contribution in [1.29, 1.82) is 0 Å². The van der Waals surface area contributed by atoms with Crippen molar-refractivity contribution in [2.75, 3.05) is 11.9 Å². The highest BCUT2D eigenvalue weighted by atomic mass is 35.5.